The normalized spacial score (nSPS) is 10.3. The minimum atomic E-state index is -0.432. The van der Waals surface area contributed by atoms with Crippen molar-refractivity contribution in [2.24, 2.45) is 5.73 Å². The predicted molar refractivity (Wildman–Crippen MR) is 71.3 cm³/mol. The van der Waals surface area contributed by atoms with Crippen LogP contribution in [0.3, 0.4) is 0 Å². The van der Waals surface area contributed by atoms with E-state index in [2.05, 4.69) is 5.32 Å². The van der Waals surface area contributed by atoms with E-state index in [0.29, 0.717) is 23.4 Å². The Labute approximate surface area is 108 Å². The van der Waals surface area contributed by atoms with E-state index in [1.54, 1.807) is 24.4 Å². The maximum absolute atomic E-state index is 13.3. The third kappa shape index (κ3) is 2.87. The number of hydrogen-bond acceptors (Lipinski definition) is 3. The Morgan fingerprint density at radius 1 is 1.44 bits per heavy atom. The minimum absolute atomic E-state index is 0.232. The molecule has 0 bridgehead atoms. The molecule has 2 rings (SSSR count). The SMILES string of the molecule is Cc1ccc(NCc2cc(C(N)=O)cs2)cc1F. The molecule has 18 heavy (non-hydrogen) atoms. The van der Waals surface area contributed by atoms with Gasteiger partial charge in [0.1, 0.15) is 5.82 Å². The van der Waals surface area contributed by atoms with Gasteiger partial charge in [-0.15, -0.1) is 11.3 Å². The third-order valence-electron chi connectivity index (χ3n) is 2.58. The van der Waals surface area contributed by atoms with Crippen molar-refractivity contribution in [2.75, 3.05) is 5.32 Å². The summed E-state index contributed by atoms with van der Waals surface area (Å²) in [4.78, 5) is 11.9. The lowest BCUT2D eigenvalue weighted by atomic mass is 10.2. The van der Waals surface area contributed by atoms with Crippen molar-refractivity contribution < 1.29 is 9.18 Å². The maximum Gasteiger partial charge on any atom is 0.249 e. The average molecular weight is 264 g/mol. The lowest BCUT2D eigenvalue weighted by Crippen LogP contribution is -2.09. The number of thiophene rings is 1. The van der Waals surface area contributed by atoms with Gasteiger partial charge in [-0.25, -0.2) is 4.39 Å². The lowest BCUT2D eigenvalue weighted by Gasteiger charge is -2.05. The first kappa shape index (κ1) is 12.6. The van der Waals surface area contributed by atoms with Gasteiger partial charge in [0.05, 0.1) is 5.56 Å². The summed E-state index contributed by atoms with van der Waals surface area (Å²) in [5.41, 5.74) is 7.01. The summed E-state index contributed by atoms with van der Waals surface area (Å²) >= 11 is 1.45. The maximum atomic E-state index is 13.3. The molecule has 0 unspecified atom stereocenters. The summed E-state index contributed by atoms with van der Waals surface area (Å²) in [6, 6.07) is 6.74. The van der Waals surface area contributed by atoms with Crippen molar-refractivity contribution in [1.29, 1.82) is 0 Å². The van der Waals surface area contributed by atoms with Crippen molar-refractivity contribution in [3.8, 4) is 0 Å². The molecule has 2 aromatic rings. The van der Waals surface area contributed by atoms with Gasteiger partial charge in [0.25, 0.3) is 0 Å². The molecule has 94 valence electrons. The highest BCUT2D eigenvalue weighted by atomic mass is 32.1. The highest BCUT2D eigenvalue weighted by Crippen LogP contribution is 2.18. The topological polar surface area (TPSA) is 55.1 Å². The number of nitrogens with two attached hydrogens (primary N) is 1. The van der Waals surface area contributed by atoms with Crippen LogP contribution in [-0.4, -0.2) is 5.91 Å². The van der Waals surface area contributed by atoms with Gasteiger partial charge in [0, 0.05) is 22.5 Å². The molecule has 1 aromatic heterocycles. The molecule has 0 radical (unpaired) electrons. The summed E-state index contributed by atoms with van der Waals surface area (Å²) in [6.45, 7) is 2.26. The molecule has 5 heteroatoms. The standard InChI is InChI=1S/C13H13FN2OS/c1-8-2-3-10(5-12(8)14)16-6-11-4-9(7-18-11)13(15)17/h2-5,7,16H,6H2,1H3,(H2,15,17). The molecule has 0 aliphatic heterocycles. The van der Waals surface area contributed by atoms with Crippen LogP contribution in [0.2, 0.25) is 0 Å². The Bertz CT molecular complexity index is 580. The van der Waals surface area contributed by atoms with Crippen LogP contribution in [0.15, 0.2) is 29.6 Å². The number of aryl methyl sites for hydroxylation is 1. The second-order valence-corrected chi connectivity index (χ2v) is 4.98. The predicted octanol–water partition coefficient (Wildman–Crippen LogP) is 2.91. The highest BCUT2D eigenvalue weighted by Gasteiger charge is 2.05. The van der Waals surface area contributed by atoms with Gasteiger partial charge < -0.3 is 11.1 Å². The Kier molecular flexibility index (Phi) is 3.62. The third-order valence-corrected chi connectivity index (χ3v) is 3.51. The summed E-state index contributed by atoms with van der Waals surface area (Å²) in [6.07, 6.45) is 0. The molecule has 0 spiro atoms. The molecular weight excluding hydrogens is 251 g/mol. The minimum Gasteiger partial charge on any atom is -0.380 e. The molecular formula is C13H13FN2OS. The van der Waals surface area contributed by atoms with Crippen molar-refractivity contribution in [2.45, 2.75) is 13.5 Å². The summed E-state index contributed by atoms with van der Waals surface area (Å²) < 4.78 is 13.3. The van der Waals surface area contributed by atoms with Crippen LogP contribution in [-0.2, 0) is 6.54 Å². The van der Waals surface area contributed by atoms with Gasteiger partial charge in [-0.1, -0.05) is 6.07 Å². The quantitative estimate of drug-likeness (QED) is 0.892. The Morgan fingerprint density at radius 2 is 2.22 bits per heavy atom. The van der Waals surface area contributed by atoms with Crippen LogP contribution >= 0.6 is 11.3 Å². The van der Waals surface area contributed by atoms with Gasteiger partial charge >= 0.3 is 0 Å². The molecule has 0 saturated heterocycles. The smallest absolute Gasteiger partial charge is 0.249 e. The number of hydrogen-bond donors (Lipinski definition) is 2. The zero-order chi connectivity index (χ0) is 13.1. The second kappa shape index (κ2) is 5.18. The van der Waals surface area contributed by atoms with Gasteiger partial charge in [-0.3, -0.25) is 4.79 Å². The number of amides is 1. The summed E-state index contributed by atoms with van der Waals surface area (Å²) in [5.74, 6) is -0.664. The first-order valence-electron chi connectivity index (χ1n) is 5.43. The molecule has 3 N–H and O–H groups in total. The Hall–Kier alpha value is -1.88. The van der Waals surface area contributed by atoms with Crippen LogP contribution in [0.5, 0.6) is 0 Å². The fourth-order valence-corrected chi connectivity index (χ4v) is 2.31. The number of carbonyl (C=O) groups excluding carboxylic acids is 1. The van der Waals surface area contributed by atoms with Crippen molar-refractivity contribution in [1.82, 2.24) is 0 Å². The molecule has 0 fully saturated rings. The molecule has 0 atom stereocenters. The second-order valence-electron chi connectivity index (χ2n) is 3.98. The first-order chi connectivity index (χ1) is 8.56. The number of primary amides is 1. The highest BCUT2D eigenvalue weighted by molar-refractivity contribution is 7.10. The number of anilines is 1. The van der Waals surface area contributed by atoms with E-state index in [1.807, 2.05) is 6.07 Å². The molecule has 0 aliphatic carbocycles. The lowest BCUT2D eigenvalue weighted by molar-refractivity contribution is 0.100. The Balaban J connectivity index is 2.02. The van der Waals surface area contributed by atoms with Crippen LogP contribution in [0.1, 0.15) is 20.8 Å². The number of rotatable bonds is 4. The van der Waals surface area contributed by atoms with E-state index < -0.39 is 5.91 Å². The van der Waals surface area contributed by atoms with E-state index in [0.717, 1.165) is 4.88 Å². The van der Waals surface area contributed by atoms with Gasteiger partial charge in [-0.05, 0) is 30.7 Å². The number of benzene rings is 1. The number of nitrogens with one attached hydrogen (secondary N) is 1. The fraction of sp³-hybridized carbons (Fsp3) is 0.154. The van der Waals surface area contributed by atoms with Crippen LogP contribution in [0.25, 0.3) is 0 Å². The number of carbonyl (C=O) groups is 1. The van der Waals surface area contributed by atoms with Gasteiger partial charge in [0.15, 0.2) is 0 Å². The summed E-state index contributed by atoms with van der Waals surface area (Å²) in [7, 11) is 0. The summed E-state index contributed by atoms with van der Waals surface area (Å²) in [5, 5.41) is 4.82. The van der Waals surface area contributed by atoms with Gasteiger partial charge in [-0.2, -0.15) is 0 Å². The average Bonchev–Trinajstić information content (AvgIpc) is 2.79. The van der Waals surface area contributed by atoms with E-state index >= 15 is 0 Å². The van der Waals surface area contributed by atoms with Crippen molar-refractivity contribution in [3.05, 3.63) is 51.5 Å². The monoisotopic (exact) mass is 264 g/mol. The zero-order valence-corrected chi connectivity index (χ0v) is 10.7. The van der Waals surface area contributed by atoms with Crippen LogP contribution < -0.4 is 11.1 Å². The van der Waals surface area contributed by atoms with E-state index in [1.165, 1.54) is 17.4 Å². The number of halogens is 1. The van der Waals surface area contributed by atoms with Crippen LogP contribution in [0, 0.1) is 12.7 Å². The van der Waals surface area contributed by atoms with Crippen molar-refractivity contribution >= 4 is 22.9 Å². The molecule has 1 aromatic carbocycles. The van der Waals surface area contributed by atoms with E-state index in [4.69, 9.17) is 5.73 Å². The molecule has 1 amide bonds. The largest absolute Gasteiger partial charge is 0.380 e. The molecule has 0 saturated carbocycles. The fourth-order valence-electron chi connectivity index (χ4n) is 1.49. The van der Waals surface area contributed by atoms with E-state index in [-0.39, 0.29) is 5.82 Å². The first-order valence-corrected chi connectivity index (χ1v) is 6.31. The zero-order valence-electron chi connectivity index (χ0n) is 9.87. The molecule has 1 heterocycles. The van der Waals surface area contributed by atoms with Crippen LogP contribution in [0.4, 0.5) is 10.1 Å². The van der Waals surface area contributed by atoms with Crippen molar-refractivity contribution in [3.63, 3.8) is 0 Å². The van der Waals surface area contributed by atoms with Gasteiger partial charge in [0.2, 0.25) is 5.91 Å². The molecule has 3 nitrogen and oxygen atoms in total. The Morgan fingerprint density at radius 3 is 2.83 bits per heavy atom. The molecule has 0 aliphatic rings. The van der Waals surface area contributed by atoms with E-state index in [9.17, 15) is 9.18 Å².